The molecule has 0 spiro atoms. The molecule has 6 nitrogen and oxygen atoms in total. The van der Waals surface area contributed by atoms with Gasteiger partial charge in [-0.1, -0.05) is 6.92 Å². The average molecular weight is 299 g/mol. The van der Waals surface area contributed by atoms with E-state index in [1.54, 1.807) is 26.3 Å². The van der Waals surface area contributed by atoms with Gasteiger partial charge in [0.05, 0.1) is 11.8 Å². The summed E-state index contributed by atoms with van der Waals surface area (Å²) in [5, 5.41) is 2.95. The molecule has 1 fully saturated rings. The molecule has 7 heteroatoms. The maximum Gasteiger partial charge on any atom is 0.262 e. The monoisotopic (exact) mass is 299 g/mol. The molecule has 0 saturated carbocycles. The second-order valence-corrected chi connectivity index (χ2v) is 6.86. The molecule has 1 N–H and O–H groups in total. The van der Waals surface area contributed by atoms with Crippen molar-refractivity contribution in [3.8, 4) is 0 Å². The van der Waals surface area contributed by atoms with Gasteiger partial charge in [-0.3, -0.25) is 0 Å². The first kappa shape index (κ1) is 15.2. The van der Waals surface area contributed by atoms with Crippen molar-refractivity contribution in [2.24, 2.45) is 5.92 Å². The van der Waals surface area contributed by atoms with Crippen LogP contribution in [0.3, 0.4) is 0 Å². The highest BCUT2D eigenvalue weighted by Gasteiger charge is 2.35. The SMILES string of the molecule is CNc1cccnc1S(=O)(=O)N1CCC(C)C(OC)C1. The molecule has 1 aromatic rings. The number of anilines is 1. The standard InChI is InChI=1S/C13H21N3O3S/c1-10-6-8-16(9-12(10)19-3)20(17,18)13-11(14-2)5-4-7-15-13/h4-5,7,10,12,14H,6,8-9H2,1-3H3. The Labute approximate surface area is 120 Å². The Morgan fingerprint density at radius 2 is 2.25 bits per heavy atom. The van der Waals surface area contributed by atoms with Gasteiger partial charge >= 0.3 is 0 Å². The topological polar surface area (TPSA) is 71.5 Å². The average Bonchev–Trinajstić information content (AvgIpc) is 2.47. The van der Waals surface area contributed by atoms with E-state index in [1.807, 2.05) is 0 Å². The lowest BCUT2D eigenvalue weighted by molar-refractivity contribution is 0.0183. The van der Waals surface area contributed by atoms with E-state index in [4.69, 9.17) is 4.74 Å². The number of sulfonamides is 1. The second-order valence-electron chi connectivity index (χ2n) is 5.01. The van der Waals surface area contributed by atoms with E-state index < -0.39 is 10.0 Å². The van der Waals surface area contributed by atoms with Gasteiger partial charge in [-0.05, 0) is 24.5 Å². The van der Waals surface area contributed by atoms with Crippen LogP contribution in [0.2, 0.25) is 0 Å². The van der Waals surface area contributed by atoms with Crippen LogP contribution >= 0.6 is 0 Å². The van der Waals surface area contributed by atoms with Gasteiger partial charge in [0.25, 0.3) is 10.0 Å². The zero-order valence-electron chi connectivity index (χ0n) is 12.0. The Balaban J connectivity index is 2.31. The molecule has 1 aromatic heterocycles. The van der Waals surface area contributed by atoms with Crippen LogP contribution in [0.4, 0.5) is 5.69 Å². The number of nitrogens with one attached hydrogen (secondary N) is 1. The van der Waals surface area contributed by atoms with Crippen LogP contribution in [0.5, 0.6) is 0 Å². The van der Waals surface area contributed by atoms with Gasteiger partial charge < -0.3 is 10.1 Å². The predicted octanol–water partition coefficient (Wildman–Crippen LogP) is 1.17. The van der Waals surface area contributed by atoms with E-state index in [1.165, 1.54) is 10.5 Å². The molecule has 0 amide bonds. The van der Waals surface area contributed by atoms with Gasteiger partial charge in [0.2, 0.25) is 0 Å². The van der Waals surface area contributed by atoms with Crippen molar-refractivity contribution in [1.82, 2.24) is 9.29 Å². The molecule has 112 valence electrons. The van der Waals surface area contributed by atoms with Crippen LogP contribution in [0.25, 0.3) is 0 Å². The van der Waals surface area contributed by atoms with Crippen molar-refractivity contribution in [2.75, 3.05) is 32.6 Å². The lowest BCUT2D eigenvalue weighted by Crippen LogP contribution is -2.46. The molecule has 2 unspecified atom stereocenters. The molecule has 0 radical (unpaired) electrons. The van der Waals surface area contributed by atoms with Crippen molar-refractivity contribution >= 4 is 15.7 Å². The molecule has 1 aliphatic rings. The normalized spacial score (nSPS) is 24.6. The molecule has 20 heavy (non-hydrogen) atoms. The van der Waals surface area contributed by atoms with Crippen LogP contribution in [0.1, 0.15) is 13.3 Å². The molecule has 0 bridgehead atoms. The largest absolute Gasteiger partial charge is 0.386 e. The van der Waals surface area contributed by atoms with E-state index in [9.17, 15) is 8.42 Å². The van der Waals surface area contributed by atoms with Gasteiger partial charge in [0.15, 0.2) is 5.03 Å². The van der Waals surface area contributed by atoms with Gasteiger partial charge in [-0.2, -0.15) is 4.31 Å². The Morgan fingerprint density at radius 1 is 1.50 bits per heavy atom. The Kier molecular flexibility index (Phi) is 4.62. The fraction of sp³-hybridized carbons (Fsp3) is 0.615. The third-order valence-corrected chi connectivity index (χ3v) is 5.61. The fourth-order valence-electron chi connectivity index (χ4n) is 2.44. The molecular weight excluding hydrogens is 278 g/mol. The lowest BCUT2D eigenvalue weighted by atomic mass is 9.97. The number of aromatic nitrogens is 1. The number of ether oxygens (including phenoxy) is 1. The van der Waals surface area contributed by atoms with Gasteiger partial charge in [0, 0.05) is 33.4 Å². The summed E-state index contributed by atoms with van der Waals surface area (Å²) in [5.41, 5.74) is 0.514. The van der Waals surface area contributed by atoms with E-state index in [0.29, 0.717) is 24.7 Å². The summed E-state index contributed by atoms with van der Waals surface area (Å²) in [4.78, 5) is 4.03. The molecule has 0 aliphatic carbocycles. The maximum absolute atomic E-state index is 12.7. The molecular formula is C13H21N3O3S. The molecule has 2 atom stereocenters. The first-order valence-corrected chi connectivity index (χ1v) is 8.10. The zero-order valence-corrected chi connectivity index (χ0v) is 12.9. The van der Waals surface area contributed by atoms with E-state index in [0.717, 1.165) is 6.42 Å². The lowest BCUT2D eigenvalue weighted by Gasteiger charge is -2.35. The van der Waals surface area contributed by atoms with E-state index >= 15 is 0 Å². The maximum atomic E-state index is 12.7. The van der Waals surface area contributed by atoms with Crippen molar-refractivity contribution < 1.29 is 13.2 Å². The number of rotatable bonds is 4. The summed E-state index contributed by atoms with van der Waals surface area (Å²) < 4.78 is 32.2. The van der Waals surface area contributed by atoms with Crippen LogP contribution in [-0.2, 0) is 14.8 Å². The molecule has 0 aromatic carbocycles. The molecule has 2 heterocycles. The van der Waals surface area contributed by atoms with Gasteiger partial charge in [-0.15, -0.1) is 0 Å². The fourth-order valence-corrected chi connectivity index (χ4v) is 4.02. The van der Waals surface area contributed by atoms with Crippen LogP contribution < -0.4 is 5.32 Å². The number of methoxy groups -OCH3 is 1. The van der Waals surface area contributed by atoms with Crippen LogP contribution in [0.15, 0.2) is 23.4 Å². The van der Waals surface area contributed by atoms with E-state index in [-0.39, 0.29) is 11.1 Å². The summed E-state index contributed by atoms with van der Waals surface area (Å²) in [6, 6.07) is 3.42. The minimum Gasteiger partial charge on any atom is -0.386 e. The minimum absolute atomic E-state index is 0.0692. The number of pyridine rings is 1. The van der Waals surface area contributed by atoms with Gasteiger partial charge in [-0.25, -0.2) is 13.4 Å². The number of nitrogens with zero attached hydrogens (tertiary/aromatic N) is 2. The highest BCUT2D eigenvalue weighted by Crippen LogP contribution is 2.27. The van der Waals surface area contributed by atoms with Crippen molar-refractivity contribution in [1.29, 1.82) is 0 Å². The molecule has 2 rings (SSSR count). The third-order valence-electron chi connectivity index (χ3n) is 3.78. The highest BCUT2D eigenvalue weighted by atomic mass is 32.2. The summed E-state index contributed by atoms with van der Waals surface area (Å²) >= 11 is 0. The zero-order chi connectivity index (χ0) is 14.8. The predicted molar refractivity (Wildman–Crippen MR) is 77.1 cm³/mol. The second kappa shape index (κ2) is 6.07. The highest BCUT2D eigenvalue weighted by molar-refractivity contribution is 7.89. The summed E-state index contributed by atoms with van der Waals surface area (Å²) in [6.45, 7) is 2.96. The summed E-state index contributed by atoms with van der Waals surface area (Å²) in [7, 11) is -0.283. The molecule has 1 aliphatic heterocycles. The molecule has 1 saturated heterocycles. The van der Waals surface area contributed by atoms with Crippen LogP contribution in [0, 0.1) is 5.92 Å². The smallest absolute Gasteiger partial charge is 0.262 e. The van der Waals surface area contributed by atoms with Crippen LogP contribution in [-0.4, -0.2) is 51.1 Å². The van der Waals surface area contributed by atoms with Gasteiger partial charge in [0.1, 0.15) is 0 Å². The third kappa shape index (κ3) is 2.79. The summed E-state index contributed by atoms with van der Waals surface area (Å²) in [5.74, 6) is 0.360. The Morgan fingerprint density at radius 3 is 2.90 bits per heavy atom. The van der Waals surface area contributed by atoms with Crippen molar-refractivity contribution in [2.45, 2.75) is 24.5 Å². The summed E-state index contributed by atoms with van der Waals surface area (Å²) in [6.07, 6.45) is 2.22. The van der Waals surface area contributed by atoms with Crippen molar-refractivity contribution in [3.63, 3.8) is 0 Å². The van der Waals surface area contributed by atoms with E-state index in [2.05, 4.69) is 17.2 Å². The first-order valence-electron chi connectivity index (χ1n) is 6.66. The number of hydrogen-bond donors (Lipinski definition) is 1. The minimum atomic E-state index is -3.59. The Bertz CT molecular complexity index is 562. The van der Waals surface area contributed by atoms with Crippen molar-refractivity contribution in [3.05, 3.63) is 18.3 Å². The number of piperidine rings is 1. The number of hydrogen-bond acceptors (Lipinski definition) is 5. The Hall–Kier alpha value is -1.18. The first-order chi connectivity index (χ1) is 9.50. The quantitative estimate of drug-likeness (QED) is 0.903.